The monoisotopic (exact) mass is 311 g/mol. The quantitative estimate of drug-likeness (QED) is 0.873. The van der Waals surface area contributed by atoms with Gasteiger partial charge in [0.2, 0.25) is 0 Å². The third kappa shape index (κ3) is 3.34. The van der Waals surface area contributed by atoms with Crippen molar-refractivity contribution < 1.29 is 14.7 Å². The molecule has 1 fully saturated rings. The van der Waals surface area contributed by atoms with Gasteiger partial charge < -0.3 is 15.3 Å². The number of likely N-dealkylation sites (tertiary alicyclic amines) is 1. The normalized spacial score (nSPS) is 21.5. The maximum atomic E-state index is 12.2. The molecular weight excluding hydrogens is 290 g/mol. The molecule has 2 rings (SSSR count). The molecule has 0 aromatic carbocycles. The van der Waals surface area contributed by atoms with Crippen molar-refractivity contribution in [3.8, 4) is 0 Å². The third-order valence-corrected chi connectivity index (χ3v) is 5.00. The Morgan fingerprint density at radius 3 is 2.90 bits per heavy atom. The summed E-state index contributed by atoms with van der Waals surface area (Å²) in [5.74, 6) is -0.794. The zero-order chi connectivity index (χ0) is 15.5. The molecule has 2 amide bonds. The van der Waals surface area contributed by atoms with E-state index in [-0.39, 0.29) is 6.03 Å². The number of carboxylic acids is 1. The minimum absolute atomic E-state index is 0.193. The van der Waals surface area contributed by atoms with E-state index < -0.39 is 11.4 Å². The van der Waals surface area contributed by atoms with Gasteiger partial charge >= 0.3 is 12.0 Å². The van der Waals surface area contributed by atoms with Crippen LogP contribution in [0.5, 0.6) is 0 Å². The smallest absolute Gasteiger partial charge is 0.317 e. The van der Waals surface area contributed by atoms with Gasteiger partial charge in [-0.2, -0.15) is 0 Å². The van der Waals surface area contributed by atoms with Crippen LogP contribution in [0.15, 0.2) is 5.51 Å². The molecule has 1 unspecified atom stereocenters. The molecule has 2 N–H and O–H groups in total. The summed E-state index contributed by atoms with van der Waals surface area (Å²) >= 11 is 1.51. The number of nitrogens with zero attached hydrogens (tertiary/aromatic N) is 2. The van der Waals surface area contributed by atoms with Crippen molar-refractivity contribution in [1.82, 2.24) is 15.2 Å². The molecule has 0 radical (unpaired) electrons. The molecule has 1 atom stereocenters. The molecule has 0 saturated carbocycles. The predicted octanol–water partition coefficient (Wildman–Crippen LogP) is 2.24. The first-order chi connectivity index (χ1) is 9.98. The van der Waals surface area contributed by atoms with Crippen molar-refractivity contribution >= 4 is 23.3 Å². The van der Waals surface area contributed by atoms with Crippen LogP contribution in [0.25, 0.3) is 0 Å². The Kier molecular flexibility index (Phi) is 4.82. The number of aromatic nitrogens is 1. The average Bonchev–Trinajstić information content (AvgIpc) is 3.04. The van der Waals surface area contributed by atoms with Crippen molar-refractivity contribution in [2.24, 2.45) is 5.41 Å². The summed E-state index contributed by atoms with van der Waals surface area (Å²) in [6, 6.07) is -0.193. The van der Waals surface area contributed by atoms with Gasteiger partial charge in [-0.25, -0.2) is 9.78 Å². The lowest BCUT2D eigenvalue weighted by Crippen LogP contribution is -2.41. The fourth-order valence-electron chi connectivity index (χ4n) is 2.77. The summed E-state index contributed by atoms with van der Waals surface area (Å²) in [5, 5.41) is 12.3. The molecular formula is C14H21N3O3S. The number of hydrogen-bond acceptors (Lipinski definition) is 4. The van der Waals surface area contributed by atoms with E-state index in [9.17, 15) is 14.7 Å². The van der Waals surface area contributed by atoms with Gasteiger partial charge in [0, 0.05) is 18.0 Å². The van der Waals surface area contributed by atoms with Crippen LogP contribution in [0, 0.1) is 12.3 Å². The maximum Gasteiger partial charge on any atom is 0.317 e. The number of rotatable bonds is 5. The lowest BCUT2D eigenvalue weighted by molar-refractivity contribution is -0.148. The van der Waals surface area contributed by atoms with Gasteiger partial charge in [0.05, 0.1) is 23.2 Å². The van der Waals surface area contributed by atoms with Gasteiger partial charge in [-0.15, -0.1) is 11.3 Å². The molecule has 6 nitrogen and oxygen atoms in total. The number of nitrogens with one attached hydrogen (secondary N) is 1. The lowest BCUT2D eigenvalue weighted by atomic mass is 9.83. The molecule has 1 aliphatic heterocycles. The fourth-order valence-corrected chi connectivity index (χ4v) is 3.49. The van der Waals surface area contributed by atoms with Crippen molar-refractivity contribution in [1.29, 1.82) is 0 Å². The van der Waals surface area contributed by atoms with Crippen LogP contribution in [-0.2, 0) is 11.3 Å². The number of urea groups is 1. The van der Waals surface area contributed by atoms with E-state index in [1.807, 2.05) is 13.8 Å². The molecule has 0 spiro atoms. The number of hydrogen-bond donors (Lipinski definition) is 2. The van der Waals surface area contributed by atoms with Crippen molar-refractivity contribution in [3.05, 3.63) is 16.1 Å². The van der Waals surface area contributed by atoms with Gasteiger partial charge in [-0.05, 0) is 19.8 Å². The topological polar surface area (TPSA) is 82.5 Å². The Bertz CT molecular complexity index is 531. The van der Waals surface area contributed by atoms with Crippen LogP contribution in [0.3, 0.4) is 0 Å². The van der Waals surface area contributed by atoms with Gasteiger partial charge in [0.25, 0.3) is 0 Å². The first-order valence-electron chi connectivity index (χ1n) is 7.13. The standard InChI is InChI=1S/C14H21N3O3S/c1-3-4-14(12(18)19)5-6-17(8-14)13(20)15-7-11-10(2)16-9-21-11/h9H,3-8H2,1-2H3,(H,15,20)(H,18,19). The second kappa shape index (κ2) is 6.43. The molecule has 0 aliphatic carbocycles. The molecule has 116 valence electrons. The largest absolute Gasteiger partial charge is 0.481 e. The highest BCUT2D eigenvalue weighted by Gasteiger charge is 2.45. The first-order valence-corrected chi connectivity index (χ1v) is 8.01. The zero-order valence-electron chi connectivity index (χ0n) is 12.4. The highest BCUT2D eigenvalue weighted by Crippen LogP contribution is 2.35. The highest BCUT2D eigenvalue weighted by atomic mass is 32.1. The molecule has 2 heterocycles. The zero-order valence-corrected chi connectivity index (χ0v) is 13.2. The van der Waals surface area contributed by atoms with Crippen LogP contribution in [0.4, 0.5) is 4.79 Å². The summed E-state index contributed by atoms with van der Waals surface area (Å²) in [4.78, 5) is 30.5. The van der Waals surface area contributed by atoms with Crippen molar-refractivity contribution in [3.63, 3.8) is 0 Å². The number of carbonyl (C=O) groups is 2. The number of aryl methyl sites for hydroxylation is 1. The number of aliphatic carboxylic acids is 1. The summed E-state index contributed by atoms with van der Waals surface area (Å²) in [5.41, 5.74) is 1.91. The molecule has 0 bridgehead atoms. The van der Waals surface area contributed by atoms with Gasteiger partial charge in [-0.3, -0.25) is 4.79 Å². The van der Waals surface area contributed by atoms with E-state index in [0.29, 0.717) is 32.5 Å². The Balaban J connectivity index is 1.92. The van der Waals surface area contributed by atoms with Crippen LogP contribution in [0.2, 0.25) is 0 Å². The van der Waals surface area contributed by atoms with Crippen LogP contribution < -0.4 is 5.32 Å². The van der Waals surface area contributed by atoms with Crippen LogP contribution in [0.1, 0.15) is 36.8 Å². The lowest BCUT2D eigenvalue weighted by Gasteiger charge is -2.24. The van der Waals surface area contributed by atoms with Gasteiger partial charge in [0.15, 0.2) is 0 Å². The van der Waals surface area contributed by atoms with Crippen molar-refractivity contribution in [2.45, 2.75) is 39.7 Å². The van der Waals surface area contributed by atoms with Crippen LogP contribution >= 0.6 is 11.3 Å². The Labute approximate surface area is 128 Å². The molecule has 1 saturated heterocycles. The first kappa shape index (κ1) is 15.8. The average molecular weight is 311 g/mol. The predicted molar refractivity (Wildman–Crippen MR) is 80.3 cm³/mol. The number of thiazole rings is 1. The highest BCUT2D eigenvalue weighted by molar-refractivity contribution is 7.09. The minimum Gasteiger partial charge on any atom is -0.481 e. The van der Waals surface area contributed by atoms with Gasteiger partial charge in [-0.1, -0.05) is 13.3 Å². The summed E-state index contributed by atoms with van der Waals surface area (Å²) in [7, 11) is 0. The van der Waals surface area contributed by atoms with Gasteiger partial charge in [0.1, 0.15) is 0 Å². The molecule has 1 aromatic heterocycles. The fraction of sp³-hybridized carbons (Fsp3) is 0.643. The Hall–Kier alpha value is -1.63. The second-order valence-electron chi connectivity index (χ2n) is 5.53. The Morgan fingerprint density at radius 1 is 1.57 bits per heavy atom. The number of amides is 2. The molecule has 21 heavy (non-hydrogen) atoms. The number of carboxylic acid groups (broad SMARTS) is 1. The summed E-state index contributed by atoms with van der Waals surface area (Å²) in [6.45, 7) is 5.12. The van der Waals surface area contributed by atoms with E-state index in [1.54, 1.807) is 10.4 Å². The molecule has 7 heteroatoms. The third-order valence-electron chi connectivity index (χ3n) is 4.07. The van der Waals surface area contributed by atoms with E-state index in [2.05, 4.69) is 10.3 Å². The SMILES string of the molecule is CCCC1(C(=O)O)CCN(C(=O)NCc2scnc2C)C1. The Morgan fingerprint density at radius 2 is 2.33 bits per heavy atom. The van der Waals surface area contributed by atoms with E-state index in [1.165, 1.54) is 11.3 Å². The summed E-state index contributed by atoms with van der Waals surface area (Å²) in [6.07, 6.45) is 1.95. The van der Waals surface area contributed by atoms with E-state index in [0.717, 1.165) is 17.0 Å². The van der Waals surface area contributed by atoms with Crippen LogP contribution in [-0.4, -0.2) is 40.1 Å². The molecule has 1 aliphatic rings. The van der Waals surface area contributed by atoms with Crippen molar-refractivity contribution in [2.75, 3.05) is 13.1 Å². The minimum atomic E-state index is -0.794. The maximum absolute atomic E-state index is 12.2. The molecule has 1 aromatic rings. The number of carbonyl (C=O) groups excluding carboxylic acids is 1. The second-order valence-corrected chi connectivity index (χ2v) is 6.47. The summed E-state index contributed by atoms with van der Waals surface area (Å²) < 4.78 is 0. The van der Waals surface area contributed by atoms with E-state index >= 15 is 0 Å². The van der Waals surface area contributed by atoms with E-state index in [4.69, 9.17) is 0 Å².